The van der Waals surface area contributed by atoms with Gasteiger partial charge in [-0.15, -0.1) is 0 Å². The Labute approximate surface area is 147 Å². The van der Waals surface area contributed by atoms with Gasteiger partial charge in [0.05, 0.1) is 24.3 Å². The van der Waals surface area contributed by atoms with Gasteiger partial charge in [-0.05, 0) is 34.8 Å². The van der Waals surface area contributed by atoms with E-state index in [1.54, 1.807) is 35.1 Å². The number of carbonyl (C=O) groups is 2. The van der Waals surface area contributed by atoms with Gasteiger partial charge >= 0.3 is 0 Å². The molecule has 2 aromatic heterocycles. The molecule has 124 valence electrons. The molecule has 1 saturated carbocycles. The van der Waals surface area contributed by atoms with Crippen LogP contribution < -0.4 is 5.32 Å². The fourth-order valence-corrected chi connectivity index (χ4v) is 3.28. The van der Waals surface area contributed by atoms with Gasteiger partial charge in [0.1, 0.15) is 0 Å². The second-order valence-corrected chi connectivity index (χ2v) is 7.11. The predicted molar refractivity (Wildman–Crippen MR) is 89.2 cm³/mol. The molecule has 0 atom stereocenters. The molecule has 4 rings (SSSR count). The van der Waals surface area contributed by atoms with Gasteiger partial charge in [-0.1, -0.05) is 0 Å². The Morgan fingerprint density at radius 2 is 2.08 bits per heavy atom. The lowest BCUT2D eigenvalue weighted by Crippen LogP contribution is -2.29. The molecule has 3 heterocycles. The van der Waals surface area contributed by atoms with Gasteiger partial charge < -0.3 is 10.2 Å². The van der Waals surface area contributed by atoms with E-state index in [-0.39, 0.29) is 17.9 Å². The third-order valence-corrected chi connectivity index (χ3v) is 4.76. The number of aryl methyl sites for hydroxylation is 1. The molecule has 1 aliphatic heterocycles. The zero-order valence-electron chi connectivity index (χ0n) is 13.1. The van der Waals surface area contributed by atoms with Crippen LogP contribution in [0.25, 0.3) is 0 Å². The Bertz CT molecular complexity index is 843. The van der Waals surface area contributed by atoms with E-state index in [9.17, 15) is 9.59 Å². The average molecular weight is 390 g/mol. The highest BCUT2D eigenvalue weighted by Crippen LogP contribution is 2.28. The van der Waals surface area contributed by atoms with Crippen LogP contribution in [0.1, 0.15) is 44.9 Å². The second-order valence-electron chi connectivity index (χ2n) is 6.20. The number of nitrogens with zero attached hydrogens (tertiary/aromatic N) is 4. The van der Waals surface area contributed by atoms with Crippen molar-refractivity contribution in [1.29, 1.82) is 0 Å². The van der Waals surface area contributed by atoms with E-state index in [0.29, 0.717) is 24.3 Å². The number of halogens is 1. The van der Waals surface area contributed by atoms with Crippen molar-refractivity contribution in [3.63, 3.8) is 0 Å². The van der Waals surface area contributed by atoms with Crippen LogP contribution >= 0.6 is 15.9 Å². The summed E-state index contributed by atoms with van der Waals surface area (Å²) < 4.78 is 2.46. The molecule has 0 aromatic carbocycles. The van der Waals surface area contributed by atoms with Crippen LogP contribution in [0.4, 0.5) is 0 Å². The van der Waals surface area contributed by atoms with E-state index in [0.717, 1.165) is 28.6 Å². The monoisotopic (exact) mass is 389 g/mol. The lowest BCUT2D eigenvalue weighted by molar-refractivity contribution is 0.0745. The maximum Gasteiger partial charge on any atom is 0.272 e. The smallest absolute Gasteiger partial charge is 0.272 e. The molecule has 0 radical (unpaired) electrons. The fourth-order valence-electron chi connectivity index (χ4n) is 2.91. The van der Waals surface area contributed by atoms with Crippen molar-refractivity contribution in [2.45, 2.75) is 32.0 Å². The van der Waals surface area contributed by atoms with Crippen molar-refractivity contribution in [2.75, 3.05) is 0 Å². The number of aromatic nitrogens is 3. The maximum atomic E-state index is 12.7. The molecule has 2 aromatic rings. The average Bonchev–Trinajstić information content (AvgIpc) is 3.17. The highest BCUT2D eigenvalue weighted by atomic mass is 79.9. The molecule has 0 bridgehead atoms. The molecular weight excluding hydrogens is 374 g/mol. The van der Waals surface area contributed by atoms with Gasteiger partial charge in [0.2, 0.25) is 0 Å². The fraction of sp³-hybridized carbons (Fsp3) is 0.375. The number of carbonyl (C=O) groups excluding carboxylic acids is 2. The van der Waals surface area contributed by atoms with Gasteiger partial charge in [0.15, 0.2) is 5.69 Å². The minimum absolute atomic E-state index is 0.103. The minimum Gasteiger partial charge on any atom is -0.348 e. The molecule has 2 amide bonds. The molecule has 1 aliphatic carbocycles. The van der Waals surface area contributed by atoms with Crippen LogP contribution in [0.5, 0.6) is 0 Å². The lowest BCUT2D eigenvalue weighted by atomic mass is 10.2. The van der Waals surface area contributed by atoms with Crippen molar-refractivity contribution in [3.8, 4) is 0 Å². The second kappa shape index (κ2) is 5.70. The Morgan fingerprint density at radius 1 is 1.29 bits per heavy atom. The summed E-state index contributed by atoms with van der Waals surface area (Å²) in [5.41, 5.74) is 2.70. The van der Waals surface area contributed by atoms with Crippen molar-refractivity contribution < 1.29 is 9.59 Å². The van der Waals surface area contributed by atoms with E-state index in [1.807, 2.05) is 0 Å². The third kappa shape index (κ3) is 2.71. The molecule has 2 aliphatic rings. The molecule has 1 N–H and O–H groups in total. The Morgan fingerprint density at radius 3 is 2.79 bits per heavy atom. The van der Waals surface area contributed by atoms with Gasteiger partial charge in [0, 0.05) is 35.5 Å². The number of pyridine rings is 1. The van der Waals surface area contributed by atoms with Crippen LogP contribution in [0.15, 0.2) is 22.9 Å². The SMILES string of the molecule is Cn1nc(C(=O)NC2CC2)c2c1CN(C(=O)c1cncc(Br)c1)C2. The predicted octanol–water partition coefficient (Wildman–Crippen LogP) is 1.63. The number of nitrogens with one attached hydrogen (secondary N) is 1. The topological polar surface area (TPSA) is 80.1 Å². The highest BCUT2D eigenvalue weighted by Gasteiger charge is 2.34. The van der Waals surface area contributed by atoms with Crippen molar-refractivity contribution in [3.05, 3.63) is 45.4 Å². The van der Waals surface area contributed by atoms with Gasteiger partial charge in [-0.3, -0.25) is 19.3 Å². The summed E-state index contributed by atoms with van der Waals surface area (Å²) in [5, 5.41) is 7.30. The molecule has 7 nitrogen and oxygen atoms in total. The largest absolute Gasteiger partial charge is 0.348 e. The van der Waals surface area contributed by atoms with Crippen LogP contribution in [-0.4, -0.2) is 37.5 Å². The first-order valence-corrected chi connectivity index (χ1v) is 8.57. The highest BCUT2D eigenvalue weighted by molar-refractivity contribution is 9.10. The number of hydrogen-bond acceptors (Lipinski definition) is 4. The Kier molecular flexibility index (Phi) is 3.64. The standard InChI is InChI=1S/C16H16BrN5O2/c1-21-13-8-22(16(24)9-4-10(17)6-18-5-9)7-12(13)14(20-21)15(23)19-11-2-3-11/h4-6,11H,2-3,7-8H2,1H3,(H,19,23). The molecule has 1 fully saturated rings. The number of amides is 2. The quantitative estimate of drug-likeness (QED) is 0.864. The van der Waals surface area contributed by atoms with E-state index in [2.05, 4.69) is 31.3 Å². The summed E-state index contributed by atoms with van der Waals surface area (Å²) in [6, 6.07) is 2.03. The van der Waals surface area contributed by atoms with Crippen LogP contribution in [-0.2, 0) is 20.1 Å². The summed E-state index contributed by atoms with van der Waals surface area (Å²) in [7, 11) is 1.81. The van der Waals surface area contributed by atoms with Gasteiger partial charge in [-0.25, -0.2) is 0 Å². The molecule has 0 spiro atoms. The lowest BCUT2D eigenvalue weighted by Gasteiger charge is -2.16. The van der Waals surface area contributed by atoms with E-state index >= 15 is 0 Å². The summed E-state index contributed by atoms with van der Waals surface area (Å²) in [6.45, 7) is 0.836. The van der Waals surface area contributed by atoms with Crippen LogP contribution in [0.3, 0.4) is 0 Å². The first kappa shape index (κ1) is 15.3. The van der Waals surface area contributed by atoms with Crippen LogP contribution in [0.2, 0.25) is 0 Å². The molecule has 0 unspecified atom stereocenters. The zero-order valence-corrected chi connectivity index (χ0v) is 14.7. The minimum atomic E-state index is -0.146. The molecular formula is C16H16BrN5O2. The molecule has 0 saturated heterocycles. The number of rotatable bonds is 3. The third-order valence-electron chi connectivity index (χ3n) is 4.33. The van der Waals surface area contributed by atoms with E-state index in [1.165, 1.54) is 0 Å². The maximum absolute atomic E-state index is 12.7. The summed E-state index contributed by atoms with van der Waals surface area (Å²) >= 11 is 3.33. The van der Waals surface area contributed by atoms with Gasteiger partial charge in [0.25, 0.3) is 11.8 Å². The summed E-state index contributed by atoms with van der Waals surface area (Å²) in [4.78, 5) is 30.8. The van der Waals surface area contributed by atoms with E-state index in [4.69, 9.17) is 0 Å². The summed E-state index contributed by atoms with van der Waals surface area (Å²) in [6.07, 6.45) is 5.25. The Hall–Kier alpha value is -2.22. The van der Waals surface area contributed by atoms with Crippen LogP contribution in [0, 0.1) is 0 Å². The Balaban J connectivity index is 1.57. The van der Waals surface area contributed by atoms with Gasteiger partial charge in [-0.2, -0.15) is 5.10 Å². The normalized spacial score (nSPS) is 16.2. The number of fused-ring (bicyclic) bond motifs is 1. The molecule has 24 heavy (non-hydrogen) atoms. The molecule has 8 heteroatoms. The van der Waals surface area contributed by atoms with Crippen molar-refractivity contribution >= 4 is 27.7 Å². The first-order valence-electron chi connectivity index (χ1n) is 7.78. The number of hydrogen-bond donors (Lipinski definition) is 1. The zero-order chi connectivity index (χ0) is 16.8. The summed E-state index contributed by atoms with van der Waals surface area (Å²) in [5.74, 6) is -0.249. The van der Waals surface area contributed by atoms with E-state index < -0.39 is 0 Å². The first-order chi connectivity index (χ1) is 11.5. The van der Waals surface area contributed by atoms with Crippen molar-refractivity contribution in [1.82, 2.24) is 25.0 Å². The van der Waals surface area contributed by atoms with Crippen molar-refractivity contribution in [2.24, 2.45) is 7.05 Å².